The molecule has 132 valence electrons. The number of hydrogen-bond acceptors (Lipinski definition) is 4. The van der Waals surface area contributed by atoms with Crippen molar-refractivity contribution in [3.8, 4) is 5.75 Å². The summed E-state index contributed by atoms with van der Waals surface area (Å²) in [5.41, 5.74) is 2.59. The Balaban J connectivity index is 1.75. The van der Waals surface area contributed by atoms with Crippen molar-refractivity contribution in [2.75, 3.05) is 20.2 Å². The van der Waals surface area contributed by atoms with Crippen molar-refractivity contribution in [2.24, 2.45) is 0 Å². The summed E-state index contributed by atoms with van der Waals surface area (Å²) in [7, 11) is 1.66. The van der Waals surface area contributed by atoms with E-state index in [0.29, 0.717) is 13.1 Å². The second kappa shape index (κ2) is 6.75. The second-order valence-electron chi connectivity index (χ2n) is 7.16. The molecule has 0 N–H and O–H groups in total. The fraction of sp³-hybridized carbons (Fsp3) is 0.400. The Kier molecular flexibility index (Phi) is 4.66. The summed E-state index contributed by atoms with van der Waals surface area (Å²) < 4.78 is 10.7. The summed E-state index contributed by atoms with van der Waals surface area (Å²) in [5, 5.41) is 1.05. The summed E-state index contributed by atoms with van der Waals surface area (Å²) in [4.78, 5) is 18.6. The van der Waals surface area contributed by atoms with Crippen LogP contribution in [0.5, 0.6) is 5.75 Å². The van der Waals surface area contributed by atoms with Gasteiger partial charge in [0.15, 0.2) is 0 Å². The number of hydrogen-bond donors (Lipinski definition) is 0. The van der Waals surface area contributed by atoms with E-state index in [1.165, 1.54) is 0 Å². The fourth-order valence-corrected chi connectivity index (χ4v) is 2.80. The van der Waals surface area contributed by atoms with Crippen molar-refractivity contribution < 1.29 is 14.3 Å². The van der Waals surface area contributed by atoms with Crippen molar-refractivity contribution in [1.82, 2.24) is 9.88 Å². The summed E-state index contributed by atoms with van der Waals surface area (Å²) in [6, 6.07) is 9.94. The van der Waals surface area contributed by atoms with E-state index in [4.69, 9.17) is 14.5 Å². The van der Waals surface area contributed by atoms with Gasteiger partial charge < -0.3 is 14.4 Å². The number of amides is 1. The van der Waals surface area contributed by atoms with E-state index in [1.807, 2.05) is 45.0 Å². The van der Waals surface area contributed by atoms with Crippen molar-refractivity contribution >= 4 is 22.6 Å². The highest BCUT2D eigenvalue weighted by Gasteiger charge is 2.24. The quantitative estimate of drug-likeness (QED) is 0.819. The van der Waals surface area contributed by atoms with Crippen LogP contribution in [0.4, 0.5) is 4.79 Å². The number of carbonyl (C=O) groups excluding carboxylic acids is 1. The largest absolute Gasteiger partial charge is 0.497 e. The van der Waals surface area contributed by atoms with E-state index in [9.17, 15) is 4.79 Å². The van der Waals surface area contributed by atoms with Crippen LogP contribution < -0.4 is 4.74 Å². The smallest absolute Gasteiger partial charge is 0.410 e. The van der Waals surface area contributed by atoms with Gasteiger partial charge >= 0.3 is 6.09 Å². The average Bonchev–Trinajstić information content (AvgIpc) is 2.59. The second-order valence-corrected chi connectivity index (χ2v) is 7.16. The molecule has 0 unspecified atom stereocenters. The van der Waals surface area contributed by atoms with Crippen LogP contribution in [0.1, 0.15) is 32.9 Å². The molecule has 1 aliphatic heterocycles. The summed E-state index contributed by atoms with van der Waals surface area (Å²) in [6.45, 7) is 6.83. The van der Waals surface area contributed by atoms with Gasteiger partial charge in [0.05, 0.1) is 18.3 Å². The highest BCUT2D eigenvalue weighted by molar-refractivity contribution is 5.82. The number of carbonyl (C=O) groups is 1. The summed E-state index contributed by atoms with van der Waals surface area (Å²) >= 11 is 0. The molecule has 0 aliphatic carbocycles. The maximum atomic E-state index is 12.1. The van der Waals surface area contributed by atoms with Crippen LogP contribution in [-0.2, 0) is 4.74 Å². The third-order valence-corrected chi connectivity index (χ3v) is 4.09. The van der Waals surface area contributed by atoms with Gasteiger partial charge in [0.25, 0.3) is 0 Å². The maximum absolute atomic E-state index is 12.1. The van der Waals surface area contributed by atoms with Crippen LogP contribution in [0.3, 0.4) is 0 Å². The molecule has 0 saturated heterocycles. The molecule has 0 radical (unpaired) electrons. The molecular weight excluding hydrogens is 316 g/mol. The molecule has 0 spiro atoms. The van der Waals surface area contributed by atoms with Gasteiger partial charge in [0, 0.05) is 18.5 Å². The monoisotopic (exact) mass is 340 g/mol. The van der Waals surface area contributed by atoms with E-state index >= 15 is 0 Å². The zero-order valence-corrected chi connectivity index (χ0v) is 15.2. The van der Waals surface area contributed by atoms with Gasteiger partial charge in [-0.3, -0.25) is 0 Å². The Bertz CT molecular complexity index is 821. The van der Waals surface area contributed by atoms with Crippen LogP contribution in [0.15, 0.2) is 36.4 Å². The minimum absolute atomic E-state index is 0.263. The lowest BCUT2D eigenvalue weighted by Crippen LogP contribution is -2.39. The van der Waals surface area contributed by atoms with Crippen LogP contribution >= 0.6 is 0 Å². The SMILES string of the molecule is COc1ccc2nc(C3=CCN(C(=O)OC(C)(C)C)CC3)ccc2c1. The first-order chi connectivity index (χ1) is 11.9. The molecule has 5 nitrogen and oxygen atoms in total. The molecule has 1 aromatic heterocycles. The Labute approximate surface area is 148 Å². The van der Waals surface area contributed by atoms with E-state index in [1.54, 1.807) is 12.0 Å². The van der Waals surface area contributed by atoms with Crippen molar-refractivity contribution in [3.63, 3.8) is 0 Å². The standard InChI is InChI=1S/C20H24N2O3/c1-20(2,3)25-19(23)22-11-9-14(10-12-22)17-7-5-15-13-16(24-4)6-8-18(15)21-17/h5-9,13H,10-12H2,1-4H3. The predicted molar refractivity (Wildman–Crippen MR) is 98.7 cm³/mol. The van der Waals surface area contributed by atoms with Gasteiger partial charge in [-0.05, 0) is 57.0 Å². The van der Waals surface area contributed by atoms with Crippen LogP contribution in [0.25, 0.3) is 16.5 Å². The normalized spacial score (nSPS) is 15.0. The Hall–Kier alpha value is -2.56. The van der Waals surface area contributed by atoms with Gasteiger partial charge in [0.2, 0.25) is 0 Å². The third kappa shape index (κ3) is 4.10. The molecule has 0 atom stereocenters. The molecule has 3 rings (SSSR count). The summed E-state index contributed by atoms with van der Waals surface area (Å²) in [6.07, 6.45) is 2.57. The molecule has 0 fully saturated rings. The van der Waals surface area contributed by atoms with Crippen LogP contribution in [0.2, 0.25) is 0 Å². The predicted octanol–water partition coefficient (Wildman–Crippen LogP) is 4.27. The number of fused-ring (bicyclic) bond motifs is 1. The Morgan fingerprint density at radius 1 is 1.20 bits per heavy atom. The van der Waals surface area contributed by atoms with Gasteiger partial charge in [-0.1, -0.05) is 12.1 Å². The topological polar surface area (TPSA) is 51.7 Å². The molecule has 1 aromatic carbocycles. The van der Waals surface area contributed by atoms with Crippen molar-refractivity contribution in [2.45, 2.75) is 32.8 Å². The van der Waals surface area contributed by atoms with E-state index < -0.39 is 5.60 Å². The molecule has 1 amide bonds. The lowest BCUT2D eigenvalue weighted by Gasteiger charge is -2.29. The van der Waals surface area contributed by atoms with E-state index in [2.05, 4.69) is 12.1 Å². The molecule has 0 bridgehead atoms. The number of methoxy groups -OCH3 is 1. The number of nitrogens with zero attached hydrogens (tertiary/aromatic N) is 2. The number of aromatic nitrogens is 1. The van der Waals surface area contributed by atoms with E-state index in [0.717, 1.165) is 34.3 Å². The van der Waals surface area contributed by atoms with Crippen LogP contribution in [-0.4, -0.2) is 41.8 Å². The van der Waals surface area contributed by atoms with Gasteiger partial charge in [-0.2, -0.15) is 0 Å². The highest BCUT2D eigenvalue weighted by atomic mass is 16.6. The Morgan fingerprint density at radius 3 is 2.64 bits per heavy atom. The van der Waals surface area contributed by atoms with E-state index in [-0.39, 0.29) is 6.09 Å². The Morgan fingerprint density at radius 2 is 2.00 bits per heavy atom. The zero-order chi connectivity index (χ0) is 18.0. The molecule has 2 heterocycles. The molecular formula is C20H24N2O3. The number of benzene rings is 1. The molecule has 25 heavy (non-hydrogen) atoms. The average molecular weight is 340 g/mol. The molecule has 2 aromatic rings. The first kappa shape index (κ1) is 17.3. The number of pyridine rings is 1. The lowest BCUT2D eigenvalue weighted by atomic mass is 10.0. The lowest BCUT2D eigenvalue weighted by molar-refractivity contribution is 0.0270. The minimum Gasteiger partial charge on any atom is -0.497 e. The first-order valence-electron chi connectivity index (χ1n) is 8.48. The molecule has 1 aliphatic rings. The van der Waals surface area contributed by atoms with Gasteiger partial charge in [-0.25, -0.2) is 9.78 Å². The highest BCUT2D eigenvalue weighted by Crippen LogP contribution is 2.25. The minimum atomic E-state index is -0.470. The van der Waals surface area contributed by atoms with Crippen molar-refractivity contribution in [1.29, 1.82) is 0 Å². The first-order valence-corrected chi connectivity index (χ1v) is 8.48. The maximum Gasteiger partial charge on any atom is 0.410 e. The van der Waals surface area contributed by atoms with Crippen molar-refractivity contribution in [3.05, 3.63) is 42.1 Å². The molecule has 0 saturated carbocycles. The molecule has 5 heteroatoms. The van der Waals surface area contributed by atoms with Crippen LogP contribution in [0, 0.1) is 0 Å². The summed E-state index contributed by atoms with van der Waals surface area (Å²) in [5.74, 6) is 0.826. The third-order valence-electron chi connectivity index (χ3n) is 4.09. The number of rotatable bonds is 2. The number of ether oxygens (including phenoxy) is 2. The zero-order valence-electron chi connectivity index (χ0n) is 15.2. The van der Waals surface area contributed by atoms with Gasteiger partial charge in [-0.15, -0.1) is 0 Å². The van der Waals surface area contributed by atoms with Gasteiger partial charge in [0.1, 0.15) is 11.4 Å². The fourth-order valence-electron chi connectivity index (χ4n) is 2.80.